The summed E-state index contributed by atoms with van der Waals surface area (Å²) in [6.45, 7) is 3.11. The lowest BCUT2D eigenvalue weighted by Crippen LogP contribution is -2.36. The lowest BCUT2D eigenvalue weighted by Gasteiger charge is -2.27. The fraction of sp³-hybridized carbons (Fsp3) is 0.250. The average Bonchev–Trinajstić information content (AvgIpc) is 2.75. The van der Waals surface area contributed by atoms with E-state index in [0.717, 1.165) is 24.5 Å². The first-order chi connectivity index (χ1) is 14.1. The van der Waals surface area contributed by atoms with Crippen LogP contribution in [0.3, 0.4) is 0 Å². The van der Waals surface area contributed by atoms with Crippen LogP contribution in [0.25, 0.3) is 11.3 Å². The fourth-order valence-electron chi connectivity index (χ4n) is 3.19. The van der Waals surface area contributed by atoms with Gasteiger partial charge in [0.05, 0.1) is 23.8 Å². The van der Waals surface area contributed by atoms with E-state index in [9.17, 15) is 10.1 Å². The highest BCUT2D eigenvalue weighted by atomic mass is 16.6. The van der Waals surface area contributed by atoms with E-state index in [0.29, 0.717) is 36.7 Å². The van der Waals surface area contributed by atoms with Gasteiger partial charge in [-0.3, -0.25) is 10.1 Å². The summed E-state index contributed by atoms with van der Waals surface area (Å²) in [5.41, 5.74) is 7.88. The largest absolute Gasteiger partial charge is 0.393 e. The molecule has 0 aliphatic carbocycles. The van der Waals surface area contributed by atoms with Crippen molar-refractivity contribution in [3.8, 4) is 11.3 Å². The van der Waals surface area contributed by atoms with Crippen molar-refractivity contribution in [3.05, 3.63) is 70.3 Å². The number of ether oxygens (including phenoxy) is 1. The van der Waals surface area contributed by atoms with Crippen LogP contribution in [0.15, 0.2) is 48.8 Å². The van der Waals surface area contributed by atoms with Gasteiger partial charge in [0.15, 0.2) is 0 Å². The molecule has 9 heteroatoms. The molecule has 1 saturated heterocycles. The monoisotopic (exact) mass is 392 g/mol. The number of nitrogen functional groups attached to an aromatic ring is 1. The van der Waals surface area contributed by atoms with E-state index < -0.39 is 4.92 Å². The number of rotatable bonds is 5. The molecule has 4 rings (SSSR count). The molecule has 148 valence electrons. The van der Waals surface area contributed by atoms with E-state index in [4.69, 9.17) is 10.5 Å². The predicted octanol–water partition coefficient (Wildman–Crippen LogP) is 2.46. The van der Waals surface area contributed by atoms with Gasteiger partial charge in [0.1, 0.15) is 17.3 Å². The third kappa shape index (κ3) is 4.30. The molecule has 0 radical (unpaired) electrons. The van der Waals surface area contributed by atoms with Gasteiger partial charge in [-0.25, -0.2) is 15.0 Å². The van der Waals surface area contributed by atoms with Crippen molar-refractivity contribution in [2.75, 3.05) is 36.9 Å². The Kier molecular flexibility index (Phi) is 5.30. The van der Waals surface area contributed by atoms with Crippen LogP contribution in [0, 0.1) is 10.1 Å². The first-order valence-corrected chi connectivity index (χ1v) is 9.24. The summed E-state index contributed by atoms with van der Waals surface area (Å²) in [6, 6.07) is 10.4. The first-order valence-electron chi connectivity index (χ1n) is 9.24. The number of anilines is 2. The lowest BCUT2D eigenvalue weighted by molar-refractivity contribution is -0.383. The van der Waals surface area contributed by atoms with Gasteiger partial charge in [0.2, 0.25) is 0 Å². The molecular formula is C20H20N6O3. The molecule has 3 aromatic rings. The number of hydrogen-bond acceptors (Lipinski definition) is 8. The van der Waals surface area contributed by atoms with Gasteiger partial charge >= 0.3 is 0 Å². The number of nitrogens with zero attached hydrogens (tertiary/aromatic N) is 5. The standard InChI is InChI=1S/C20H20N6O3/c21-16-3-2-15(12-18(16)26(27)28)17-5-6-22-19(24-17)11-14-1-4-20(23-13-14)25-7-9-29-10-8-25/h1-6,12-13H,7-11,21H2. The molecule has 0 unspecified atom stereocenters. The molecule has 2 aromatic heterocycles. The van der Waals surface area contributed by atoms with Crippen LogP contribution in [-0.2, 0) is 11.2 Å². The summed E-state index contributed by atoms with van der Waals surface area (Å²) in [4.78, 5) is 26.2. The Bertz CT molecular complexity index is 1020. The summed E-state index contributed by atoms with van der Waals surface area (Å²) >= 11 is 0. The predicted molar refractivity (Wildman–Crippen MR) is 109 cm³/mol. The van der Waals surface area contributed by atoms with Crippen molar-refractivity contribution in [2.45, 2.75) is 6.42 Å². The van der Waals surface area contributed by atoms with Crippen LogP contribution >= 0.6 is 0 Å². The number of pyridine rings is 1. The SMILES string of the molecule is Nc1ccc(-c2ccnc(Cc3ccc(N4CCOCC4)nc3)n2)cc1[N+](=O)[O-]. The van der Waals surface area contributed by atoms with Gasteiger partial charge in [-0.15, -0.1) is 0 Å². The number of aromatic nitrogens is 3. The average molecular weight is 392 g/mol. The maximum Gasteiger partial charge on any atom is 0.292 e. The quantitative estimate of drug-likeness (QED) is 0.399. The fourth-order valence-corrected chi connectivity index (χ4v) is 3.19. The second-order valence-corrected chi connectivity index (χ2v) is 6.69. The van der Waals surface area contributed by atoms with Gasteiger partial charge < -0.3 is 15.4 Å². The molecule has 9 nitrogen and oxygen atoms in total. The Morgan fingerprint density at radius 2 is 1.97 bits per heavy atom. The molecule has 1 aliphatic rings. The van der Waals surface area contributed by atoms with Crippen molar-refractivity contribution in [1.29, 1.82) is 0 Å². The Balaban J connectivity index is 1.52. The minimum Gasteiger partial charge on any atom is -0.393 e. The van der Waals surface area contributed by atoms with Crippen molar-refractivity contribution in [1.82, 2.24) is 15.0 Å². The van der Waals surface area contributed by atoms with Gasteiger partial charge in [0, 0.05) is 43.5 Å². The maximum atomic E-state index is 11.1. The van der Waals surface area contributed by atoms with E-state index in [2.05, 4.69) is 19.9 Å². The van der Waals surface area contributed by atoms with Crippen LogP contribution < -0.4 is 10.6 Å². The number of benzene rings is 1. The Labute approximate surface area is 167 Å². The minimum absolute atomic E-state index is 0.125. The maximum absolute atomic E-state index is 11.1. The zero-order chi connectivity index (χ0) is 20.2. The van der Waals surface area contributed by atoms with Crippen LogP contribution in [0.4, 0.5) is 17.2 Å². The van der Waals surface area contributed by atoms with Crippen molar-refractivity contribution < 1.29 is 9.66 Å². The Morgan fingerprint density at radius 1 is 1.14 bits per heavy atom. The number of nitro benzene ring substituents is 1. The Morgan fingerprint density at radius 3 is 2.69 bits per heavy atom. The van der Waals surface area contributed by atoms with Crippen molar-refractivity contribution in [2.24, 2.45) is 0 Å². The van der Waals surface area contributed by atoms with Crippen molar-refractivity contribution in [3.63, 3.8) is 0 Å². The van der Waals surface area contributed by atoms with Gasteiger partial charge in [0.25, 0.3) is 5.69 Å². The number of nitro groups is 1. The summed E-state index contributed by atoms with van der Waals surface area (Å²) in [5.74, 6) is 1.55. The van der Waals surface area contributed by atoms with Crippen LogP contribution in [0.5, 0.6) is 0 Å². The number of hydrogen-bond donors (Lipinski definition) is 1. The van der Waals surface area contributed by atoms with Crippen LogP contribution in [-0.4, -0.2) is 46.2 Å². The number of nitrogens with two attached hydrogens (primary N) is 1. The van der Waals surface area contributed by atoms with E-state index in [1.807, 2.05) is 18.3 Å². The molecule has 29 heavy (non-hydrogen) atoms. The molecule has 0 bridgehead atoms. The summed E-state index contributed by atoms with van der Waals surface area (Å²) in [7, 11) is 0. The van der Waals surface area contributed by atoms with Gasteiger partial charge in [-0.1, -0.05) is 12.1 Å². The van der Waals surface area contributed by atoms with E-state index in [-0.39, 0.29) is 11.4 Å². The molecule has 1 aliphatic heterocycles. The van der Waals surface area contributed by atoms with E-state index >= 15 is 0 Å². The summed E-state index contributed by atoms with van der Waals surface area (Å²) < 4.78 is 5.37. The zero-order valence-electron chi connectivity index (χ0n) is 15.7. The summed E-state index contributed by atoms with van der Waals surface area (Å²) in [6.07, 6.45) is 3.99. The third-order valence-electron chi connectivity index (χ3n) is 4.73. The van der Waals surface area contributed by atoms with E-state index in [1.54, 1.807) is 18.3 Å². The van der Waals surface area contributed by atoms with E-state index in [1.165, 1.54) is 12.1 Å². The molecule has 3 heterocycles. The zero-order valence-corrected chi connectivity index (χ0v) is 15.7. The van der Waals surface area contributed by atoms with Crippen LogP contribution in [0.1, 0.15) is 11.4 Å². The van der Waals surface area contributed by atoms with Gasteiger partial charge in [-0.2, -0.15) is 0 Å². The number of morpholine rings is 1. The Hall–Kier alpha value is -3.59. The van der Waals surface area contributed by atoms with Gasteiger partial charge in [-0.05, 0) is 23.8 Å². The molecule has 2 N–H and O–H groups in total. The van der Waals surface area contributed by atoms with Crippen molar-refractivity contribution >= 4 is 17.2 Å². The normalized spacial score (nSPS) is 14.0. The lowest BCUT2D eigenvalue weighted by atomic mass is 10.1. The third-order valence-corrected chi connectivity index (χ3v) is 4.73. The van der Waals surface area contributed by atoms with Crippen LogP contribution in [0.2, 0.25) is 0 Å². The summed E-state index contributed by atoms with van der Waals surface area (Å²) in [5, 5.41) is 11.1. The molecule has 1 aromatic carbocycles. The first kappa shape index (κ1) is 18.8. The minimum atomic E-state index is -0.497. The smallest absolute Gasteiger partial charge is 0.292 e. The second-order valence-electron chi connectivity index (χ2n) is 6.69. The molecule has 0 atom stereocenters. The molecule has 0 amide bonds. The second kappa shape index (κ2) is 8.19. The molecular weight excluding hydrogens is 372 g/mol. The molecule has 0 saturated carbocycles. The highest BCUT2D eigenvalue weighted by molar-refractivity contribution is 5.70. The molecule has 1 fully saturated rings. The highest BCUT2D eigenvalue weighted by Gasteiger charge is 2.15. The highest BCUT2D eigenvalue weighted by Crippen LogP contribution is 2.27. The molecule has 0 spiro atoms. The topological polar surface area (TPSA) is 120 Å².